The van der Waals surface area contributed by atoms with E-state index in [1.807, 2.05) is 27.1 Å². The van der Waals surface area contributed by atoms with Gasteiger partial charge in [0, 0.05) is 36.1 Å². The molecule has 4 aromatic rings. The van der Waals surface area contributed by atoms with E-state index in [4.69, 9.17) is 4.52 Å². The van der Waals surface area contributed by atoms with E-state index in [1.165, 1.54) is 11.3 Å². The minimum Gasteiger partial charge on any atom is -0.361 e. The molecule has 0 bridgehead atoms. The van der Waals surface area contributed by atoms with Crippen LogP contribution in [0.25, 0.3) is 22.4 Å². The van der Waals surface area contributed by atoms with Gasteiger partial charge in [-0.3, -0.25) is 4.68 Å². The average molecular weight is 387 g/mol. The minimum atomic E-state index is 0.841. The highest BCUT2D eigenvalue weighted by Crippen LogP contribution is 2.35. The van der Waals surface area contributed by atoms with E-state index in [1.54, 1.807) is 4.68 Å². The molecule has 0 saturated carbocycles. The fraction of sp³-hybridized carbons (Fsp3) is 0.261. The highest BCUT2D eigenvalue weighted by molar-refractivity contribution is 5.77. The van der Waals surface area contributed by atoms with Crippen LogP contribution in [0.4, 0.5) is 11.4 Å². The molecule has 2 aromatic heterocycles. The molecular weight excluding hydrogens is 362 g/mol. The summed E-state index contributed by atoms with van der Waals surface area (Å²) in [5, 5.41) is 12.3. The number of hydrogen-bond donors (Lipinski definition) is 0. The van der Waals surface area contributed by atoms with Crippen LogP contribution >= 0.6 is 0 Å². The lowest BCUT2D eigenvalue weighted by atomic mass is 10.0. The Balaban J connectivity index is 1.71. The molecule has 29 heavy (non-hydrogen) atoms. The molecule has 0 atom stereocenters. The van der Waals surface area contributed by atoms with Gasteiger partial charge in [-0.1, -0.05) is 34.6 Å². The summed E-state index contributed by atoms with van der Waals surface area (Å²) in [6, 6.07) is 15.0. The topological polar surface area (TPSA) is 60.0 Å². The molecule has 0 aliphatic carbocycles. The van der Waals surface area contributed by atoms with Crippen molar-refractivity contribution < 1.29 is 4.52 Å². The third-order valence-corrected chi connectivity index (χ3v) is 5.22. The quantitative estimate of drug-likeness (QED) is 0.470. The summed E-state index contributed by atoms with van der Waals surface area (Å²) in [5.41, 5.74) is 8.57. The van der Waals surface area contributed by atoms with E-state index in [0.717, 1.165) is 46.1 Å². The maximum Gasteiger partial charge on any atom is 0.141 e. The number of benzene rings is 2. The van der Waals surface area contributed by atoms with E-state index >= 15 is 0 Å². The van der Waals surface area contributed by atoms with Gasteiger partial charge in [-0.25, -0.2) is 0 Å². The first-order valence-electron chi connectivity index (χ1n) is 9.76. The molecule has 6 nitrogen and oxygen atoms in total. The Morgan fingerprint density at radius 1 is 1.00 bits per heavy atom. The second-order valence-electron chi connectivity index (χ2n) is 7.27. The van der Waals surface area contributed by atoms with Crippen LogP contribution in [0.15, 0.2) is 53.2 Å². The average Bonchev–Trinajstić information content (AvgIpc) is 3.30. The predicted molar refractivity (Wildman–Crippen MR) is 115 cm³/mol. The summed E-state index contributed by atoms with van der Waals surface area (Å²) in [4.78, 5) is 2.32. The van der Waals surface area contributed by atoms with Crippen LogP contribution in [0, 0.1) is 20.8 Å². The van der Waals surface area contributed by atoms with Gasteiger partial charge in [-0.2, -0.15) is 0 Å². The maximum absolute atomic E-state index is 5.37. The largest absolute Gasteiger partial charge is 0.361 e. The first kappa shape index (κ1) is 18.9. The summed E-state index contributed by atoms with van der Waals surface area (Å²) in [7, 11) is 1.87. The van der Waals surface area contributed by atoms with E-state index < -0.39 is 0 Å². The van der Waals surface area contributed by atoms with E-state index in [2.05, 4.69) is 76.7 Å². The molecule has 0 aliphatic heterocycles. The number of hydrogen-bond acceptors (Lipinski definition) is 5. The van der Waals surface area contributed by atoms with Gasteiger partial charge in [-0.05, 0) is 57.0 Å². The van der Waals surface area contributed by atoms with Crippen molar-refractivity contribution in [1.82, 2.24) is 20.2 Å². The summed E-state index contributed by atoms with van der Waals surface area (Å²) in [5.74, 6) is 0.841. The molecule has 0 N–H and O–H groups in total. The van der Waals surface area contributed by atoms with E-state index in [-0.39, 0.29) is 0 Å². The Morgan fingerprint density at radius 2 is 1.72 bits per heavy atom. The van der Waals surface area contributed by atoms with Crippen LogP contribution < -0.4 is 4.90 Å². The number of aryl methyl sites for hydroxylation is 4. The second kappa shape index (κ2) is 7.54. The summed E-state index contributed by atoms with van der Waals surface area (Å²) in [6.45, 7) is 9.10. The van der Waals surface area contributed by atoms with Crippen molar-refractivity contribution in [3.8, 4) is 22.4 Å². The molecule has 2 heterocycles. The lowest BCUT2D eigenvalue weighted by molar-refractivity contribution is 0.393. The zero-order valence-corrected chi connectivity index (χ0v) is 17.5. The summed E-state index contributed by atoms with van der Waals surface area (Å²) >= 11 is 0. The zero-order chi connectivity index (χ0) is 20.5. The molecule has 0 spiro atoms. The summed E-state index contributed by atoms with van der Waals surface area (Å²) in [6.07, 6.45) is 1.92. The van der Waals surface area contributed by atoms with Crippen molar-refractivity contribution in [3.05, 3.63) is 65.7 Å². The van der Waals surface area contributed by atoms with Gasteiger partial charge in [0.25, 0.3) is 0 Å². The third kappa shape index (κ3) is 3.53. The van der Waals surface area contributed by atoms with Gasteiger partial charge in [0.15, 0.2) is 0 Å². The zero-order valence-electron chi connectivity index (χ0n) is 17.5. The molecule has 0 radical (unpaired) electrons. The Labute approximate surface area is 170 Å². The Kier molecular flexibility index (Phi) is 4.92. The van der Waals surface area contributed by atoms with Crippen LogP contribution in [-0.2, 0) is 7.05 Å². The molecule has 2 aromatic carbocycles. The lowest BCUT2D eigenvalue weighted by Gasteiger charge is -2.26. The number of aromatic nitrogens is 4. The Hall–Kier alpha value is -3.41. The van der Waals surface area contributed by atoms with Crippen LogP contribution in [0.5, 0.6) is 0 Å². The molecule has 0 amide bonds. The van der Waals surface area contributed by atoms with Crippen LogP contribution in [0.2, 0.25) is 0 Å². The number of nitrogens with zero attached hydrogens (tertiary/aromatic N) is 5. The van der Waals surface area contributed by atoms with Crippen LogP contribution in [-0.4, -0.2) is 26.7 Å². The normalized spacial score (nSPS) is 11.1. The van der Waals surface area contributed by atoms with Crippen molar-refractivity contribution in [1.29, 1.82) is 0 Å². The Bertz CT molecular complexity index is 1120. The minimum absolute atomic E-state index is 0.841. The van der Waals surface area contributed by atoms with Gasteiger partial charge >= 0.3 is 0 Å². The van der Waals surface area contributed by atoms with Gasteiger partial charge < -0.3 is 9.42 Å². The van der Waals surface area contributed by atoms with Crippen molar-refractivity contribution in [2.45, 2.75) is 27.7 Å². The molecule has 148 valence electrons. The molecule has 4 rings (SSSR count). The van der Waals surface area contributed by atoms with Crippen molar-refractivity contribution in [2.75, 3.05) is 11.4 Å². The lowest BCUT2D eigenvalue weighted by Crippen LogP contribution is -2.17. The van der Waals surface area contributed by atoms with E-state index in [0.29, 0.717) is 0 Å². The second-order valence-corrected chi connectivity index (χ2v) is 7.27. The van der Waals surface area contributed by atoms with Gasteiger partial charge in [0.1, 0.15) is 11.5 Å². The fourth-order valence-electron chi connectivity index (χ4n) is 3.73. The van der Waals surface area contributed by atoms with Crippen LogP contribution in [0.3, 0.4) is 0 Å². The van der Waals surface area contributed by atoms with Gasteiger partial charge in [-0.15, -0.1) is 5.10 Å². The summed E-state index contributed by atoms with van der Waals surface area (Å²) < 4.78 is 7.09. The van der Waals surface area contributed by atoms with Crippen molar-refractivity contribution >= 4 is 11.4 Å². The molecular formula is C23H25N5O. The molecule has 0 aliphatic rings. The fourth-order valence-corrected chi connectivity index (χ4v) is 3.73. The van der Waals surface area contributed by atoms with E-state index in [9.17, 15) is 0 Å². The standard InChI is InChI=1S/C23H25N5O/c1-6-28(20-11-9-18(10-12-20)21-14-27(5)26-24-21)22-13-19(8-7-15(22)2)23-16(3)25-29-17(23)4/h7-14H,6H2,1-5H3. The van der Waals surface area contributed by atoms with Crippen LogP contribution in [0.1, 0.15) is 23.9 Å². The molecule has 6 heteroatoms. The highest BCUT2D eigenvalue weighted by atomic mass is 16.5. The third-order valence-electron chi connectivity index (χ3n) is 5.22. The smallest absolute Gasteiger partial charge is 0.141 e. The molecule has 0 saturated heterocycles. The Morgan fingerprint density at radius 3 is 2.31 bits per heavy atom. The van der Waals surface area contributed by atoms with Gasteiger partial charge in [0.2, 0.25) is 0 Å². The van der Waals surface area contributed by atoms with Crippen molar-refractivity contribution in [2.24, 2.45) is 7.05 Å². The van der Waals surface area contributed by atoms with Gasteiger partial charge in [0.05, 0.1) is 11.9 Å². The SMILES string of the molecule is CCN(c1ccc(-c2cn(C)nn2)cc1)c1cc(-c2c(C)noc2C)ccc1C. The number of anilines is 2. The first-order valence-corrected chi connectivity index (χ1v) is 9.76. The molecule has 0 unspecified atom stereocenters. The monoisotopic (exact) mass is 387 g/mol. The highest BCUT2D eigenvalue weighted by Gasteiger charge is 2.16. The maximum atomic E-state index is 5.37. The molecule has 0 fully saturated rings. The van der Waals surface area contributed by atoms with Crippen molar-refractivity contribution in [3.63, 3.8) is 0 Å². The first-order chi connectivity index (χ1) is 14.0. The predicted octanol–water partition coefficient (Wildman–Crippen LogP) is 5.22. The number of rotatable bonds is 5.